The Kier molecular flexibility index (Phi) is 7.40. The van der Waals surface area contributed by atoms with Crippen LogP contribution in [0, 0.1) is 19.8 Å². The molecule has 1 aromatic carbocycles. The molecule has 1 saturated heterocycles. The summed E-state index contributed by atoms with van der Waals surface area (Å²) < 4.78 is 41.6. The third kappa shape index (κ3) is 5.25. The van der Waals surface area contributed by atoms with Gasteiger partial charge in [-0.1, -0.05) is 23.2 Å². The number of halogens is 5. The molecule has 0 unspecified atom stereocenters. The van der Waals surface area contributed by atoms with Gasteiger partial charge in [0.05, 0.1) is 28.2 Å². The molecule has 1 fully saturated rings. The lowest BCUT2D eigenvalue weighted by atomic mass is 9.91. The first-order valence-electron chi connectivity index (χ1n) is 11.7. The number of ketones is 1. The number of nitrogens with zero attached hydrogens (tertiary/aromatic N) is 3. The standard InChI is InChI=1S/C26H26Cl2F3N3O2/c1-14-10-21(26(29,30)31)32-23-15(2)12-34(24(14)23)13-19-20(27)5-4-18(22(19)28)25(36)33-8-6-17(7-9-33)11-16(3)35/h4-5,10,12,17H,6-9,11,13H2,1-3H3. The SMILES string of the molecule is CC(=O)CC1CCN(C(=O)c2ccc(Cl)c(Cn3cc(C)c4nc(C(F)(F)F)cc(C)c43)c2Cl)CC1. The van der Waals surface area contributed by atoms with Crippen molar-refractivity contribution in [3.8, 4) is 0 Å². The van der Waals surface area contributed by atoms with Gasteiger partial charge in [-0.25, -0.2) is 4.98 Å². The van der Waals surface area contributed by atoms with Crippen LogP contribution in [0.2, 0.25) is 10.0 Å². The maximum absolute atomic E-state index is 13.3. The second-order valence-corrected chi connectivity index (χ2v) is 10.3. The molecule has 0 spiro atoms. The Morgan fingerprint density at radius 3 is 2.39 bits per heavy atom. The van der Waals surface area contributed by atoms with E-state index in [9.17, 15) is 22.8 Å². The number of benzene rings is 1. The fourth-order valence-corrected chi connectivity index (χ4v) is 5.50. The lowest BCUT2D eigenvalue weighted by Crippen LogP contribution is -2.39. The molecule has 0 N–H and O–H groups in total. The van der Waals surface area contributed by atoms with Crippen LogP contribution in [-0.4, -0.2) is 39.2 Å². The predicted molar refractivity (Wildman–Crippen MR) is 134 cm³/mol. The fraction of sp³-hybridized carbons (Fsp3) is 0.423. The lowest BCUT2D eigenvalue weighted by molar-refractivity contribution is -0.141. The summed E-state index contributed by atoms with van der Waals surface area (Å²) in [5.41, 5.74) is 1.71. The lowest BCUT2D eigenvalue weighted by Gasteiger charge is -2.32. The topological polar surface area (TPSA) is 55.2 Å². The van der Waals surface area contributed by atoms with Crippen LogP contribution in [0.1, 0.15) is 58.9 Å². The van der Waals surface area contributed by atoms with E-state index in [2.05, 4.69) is 4.98 Å². The third-order valence-corrected chi connectivity index (χ3v) is 7.49. The zero-order valence-electron chi connectivity index (χ0n) is 20.2. The minimum absolute atomic E-state index is 0.151. The van der Waals surface area contributed by atoms with Crippen LogP contribution in [0.15, 0.2) is 24.4 Å². The Balaban J connectivity index is 1.64. The largest absolute Gasteiger partial charge is 0.433 e. The summed E-state index contributed by atoms with van der Waals surface area (Å²) in [5, 5.41) is 0.573. The maximum Gasteiger partial charge on any atom is 0.433 e. The van der Waals surface area contributed by atoms with Gasteiger partial charge in [0.15, 0.2) is 0 Å². The summed E-state index contributed by atoms with van der Waals surface area (Å²) in [6.45, 7) is 6.13. The van der Waals surface area contributed by atoms with Crippen molar-refractivity contribution < 1.29 is 22.8 Å². The smallest absolute Gasteiger partial charge is 0.341 e. The molecule has 1 aliphatic rings. The monoisotopic (exact) mass is 539 g/mol. The molecule has 36 heavy (non-hydrogen) atoms. The van der Waals surface area contributed by atoms with E-state index in [1.807, 2.05) is 0 Å². The number of likely N-dealkylation sites (tertiary alicyclic amines) is 1. The molecule has 3 heterocycles. The van der Waals surface area contributed by atoms with E-state index >= 15 is 0 Å². The summed E-state index contributed by atoms with van der Waals surface area (Å²) in [4.78, 5) is 30.3. The average molecular weight is 540 g/mol. The Bertz CT molecular complexity index is 1340. The van der Waals surface area contributed by atoms with Gasteiger partial charge in [0, 0.05) is 36.3 Å². The summed E-state index contributed by atoms with van der Waals surface area (Å²) in [7, 11) is 0. The van der Waals surface area contributed by atoms with Crippen LogP contribution in [0.25, 0.3) is 11.0 Å². The molecule has 1 aliphatic heterocycles. The number of carbonyl (C=O) groups is 2. The number of amides is 1. The highest BCUT2D eigenvalue weighted by molar-refractivity contribution is 6.38. The summed E-state index contributed by atoms with van der Waals surface area (Å²) >= 11 is 13.2. The first kappa shape index (κ1) is 26.5. The van der Waals surface area contributed by atoms with Crippen molar-refractivity contribution in [3.63, 3.8) is 0 Å². The normalized spacial score (nSPS) is 15.1. The minimum Gasteiger partial charge on any atom is -0.341 e. The fourth-order valence-electron chi connectivity index (χ4n) is 4.93. The van der Waals surface area contributed by atoms with Crippen LogP contribution < -0.4 is 0 Å². The maximum atomic E-state index is 13.3. The van der Waals surface area contributed by atoms with E-state index in [0.29, 0.717) is 52.3 Å². The number of fused-ring (bicyclic) bond motifs is 1. The van der Waals surface area contributed by atoms with Gasteiger partial charge in [-0.05, 0) is 68.9 Å². The second-order valence-electron chi connectivity index (χ2n) is 9.49. The summed E-state index contributed by atoms with van der Waals surface area (Å²) in [6, 6.07) is 4.24. The number of aryl methyl sites for hydroxylation is 2. The van der Waals surface area contributed by atoms with Crippen LogP contribution in [0.4, 0.5) is 13.2 Å². The number of Topliss-reactive ketones (excluding diaryl/α,β-unsaturated/α-hetero) is 1. The third-order valence-electron chi connectivity index (χ3n) is 6.71. The van der Waals surface area contributed by atoms with Gasteiger partial charge in [0.25, 0.3) is 5.91 Å². The first-order chi connectivity index (χ1) is 16.9. The highest BCUT2D eigenvalue weighted by Crippen LogP contribution is 2.35. The zero-order chi connectivity index (χ0) is 26.4. The molecule has 192 valence electrons. The van der Waals surface area contributed by atoms with Crippen molar-refractivity contribution in [1.82, 2.24) is 14.5 Å². The van der Waals surface area contributed by atoms with Crippen LogP contribution in [-0.2, 0) is 17.5 Å². The van der Waals surface area contributed by atoms with Crippen molar-refractivity contribution in [2.24, 2.45) is 5.92 Å². The van der Waals surface area contributed by atoms with E-state index in [1.165, 1.54) is 0 Å². The van der Waals surface area contributed by atoms with Gasteiger partial charge in [0.1, 0.15) is 11.5 Å². The Morgan fingerprint density at radius 2 is 1.78 bits per heavy atom. The Morgan fingerprint density at radius 1 is 1.11 bits per heavy atom. The minimum atomic E-state index is -4.55. The van der Waals surface area contributed by atoms with E-state index in [-0.39, 0.29) is 34.7 Å². The molecule has 0 aliphatic carbocycles. The van der Waals surface area contributed by atoms with Crippen LogP contribution >= 0.6 is 23.2 Å². The molecule has 2 aromatic heterocycles. The summed E-state index contributed by atoms with van der Waals surface area (Å²) in [6.07, 6.45) is -0.799. The molecule has 0 saturated carbocycles. The number of carbonyl (C=O) groups excluding carboxylic acids is 2. The molecule has 3 aromatic rings. The number of pyridine rings is 1. The average Bonchev–Trinajstić information content (AvgIpc) is 3.11. The molecular formula is C26H26Cl2F3N3O2. The predicted octanol–water partition coefficient (Wildman–Crippen LogP) is 6.86. The molecule has 5 nitrogen and oxygen atoms in total. The highest BCUT2D eigenvalue weighted by atomic mass is 35.5. The van der Waals surface area contributed by atoms with Gasteiger partial charge in [-0.15, -0.1) is 0 Å². The number of aromatic nitrogens is 2. The molecule has 1 amide bonds. The first-order valence-corrected chi connectivity index (χ1v) is 12.4. The zero-order valence-corrected chi connectivity index (χ0v) is 21.7. The van der Waals surface area contributed by atoms with Crippen molar-refractivity contribution in [1.29, 1.82) is 0 Å². The van der Waals surface area contributed by atoms with Gasteiger partial charge >= 0.3 is 6.18 Å². The number of hydrogen-bond donors (Lipinski definition) is 0. The Labute approximate surface area is 217 Å². The quantitative estimate of drug-likeness (QED) is 0.356. The van der Waals surface area contributed by atoms with E-state index in [0.717, 1.165) is 18.9 Å². The van der Waals surface area contributed by atoms with Gasteiger partial charge in [-0.2, -0.15) is 13.2 Å². The molecule has 0 radical (unpaired) electrons. The second kappa shape index (κ2) is 10.1. The molecular weight excluding hydrogens is 514 g/mol. The molecule has 0 bridgehead atoms. The Hall–Kier alpha value is -2.58. The van der Waals surface area contributed by atoms with Crippen molar-refractivity contribution in [2.45, 2.75) is 52.8 Å². The van der Waals surface area contributed by atoms with Gasteiger partial charge in [-0.3, -0.25) is 4.79 Å². The van der Waals surface area contributed by atoms with Gasteiger partial charge < -0.3 is 14.3 Å². The number of piperidine rings is 1. The highest BCUT2D eigenvalue weighted by Gasteiger charge is 2.34. The van der Waals surface area contributed by atoms with Crippen molar-refractivity contribution in [2.75, 3.05) is 13.1 Å². The molecule has 10 heteroatoms. The van der Waals surface area contributed by atoms with Gasteiger partial charge in [0.2, 0.25) is 0 Å². The number of hydrogen-bond acceptors (Lipinski definition) is 3. The van der Waals surface area contributed by atoms with Crippen LogP contribution in [0.3, 0.4) is 0 Å². The van der Waals surface area contributed by atoms with Crippen molar-refractivity contribution in [3.05, 3.63) is 62.4 Å². The molecule has 4 rings (SSSR count). The van der Waals surface area contributed by atoms with Crippen LogP contribution in [0.5, 0.6) is 0 Å². The van der Waals surface area contributed by atoms with E-state index in [4.69, 9.17) is 23.2 Å². The number of rotatable bonds is 5. The number of alkyl halides is 3. The summed E-state index contributed by atoms with van der Waals surface area (Å²) in [5.74, 6) is 0.223. The van der Waals surface area contributed by atoms with E-state index in [1.54, 1.807) is 48.6 Å². The van der Waals surface area contributed by atoms with E-state index < -0.39 is 11.9 Å². The molecule has 0 atom stereocenters. The van der Waals surface area contributed by atoms with Crippen molar-refractivity contribution >= 4 is 45.9 Å².